The third-order valence-electron chi connectivity index (χ3n) is 5.00. The zero-order valence-corrected chi connectivity index (χ0v) is 17.6. The molecule has 1 amide bonds. The van der Waals surface area contributed by atoms with Crippen molar-refractivity contribution >= 4 is 17.1 Å². The van der Waals surface area contributed by atoms with E-state index in [2.05, 4.69) is 10.3 Å². The van der Waals surface area contributed by atoms with Crippen LogP contribution in [0.3, 0.4) is 0 Å². The number of carbonyl (C=O) groups is 1. The lowest BCUT2D eigenvalue weighted by Crippen LogP contribution is -2.37. The van der Waals surface area contributed by atoms with Gasteiger partial charge in [0.1, 0.15) is 11.6 Å². The highest BCUT2D eigenvalue weighted by Gasteiger charge is 2.14. The van der Waals surface area contributed by atoms with Gasteiger partial charge < -0.3 is 14.6 Å². The lowest BCUT2D eigenvalue weighted by molar-refractivity contribution is -0.121. The molecule has 3 rings (SSSR count). The molecule has 0 aliphatic heterocycles. The molecule has 0 saturated heterocycles. The van der Waals surface area contributed by atoms with Gasteiger partial charge in [-0.1, -0.05) is 0 Å². The van der Waals surface area contributed by atoms with Gasteiger partial charge in [0.25, 0.3) is 5.56 Å². The minimum atomic E-state index is -0.426. The number of halogens is 1. The number of unbranched alkanes of at least 4 members (excludes halogenated alkanes) is 1. The number of nitrogens with one attached hydrogen (secondary N) is 1. The second kappa shape index (κ2) is 10.1. The molecule has 2 aromatic heterocycles. The molecule has 2 heterocycles. The Kier molecular flexibility index (Phi) is 7.22. The molecule has 0 unspecified atom stereocenters. The molecule has 0 spiro atoms. The van der Waals surface area contributed by atoms with Gasteiger partial charge in [-0.15, -0.1) is 0 Å². The largest absolute Gasteiger partial charge is 0.494 e. The van der Waals surface area contributed by atoms with Crippen LogP contribution in [0.5, 0.6) is 5.75 Å². The maximum atomic E-state index is 12.8. The summed E-state index contributed by atoms with van der Waals surface area (Å²) >= 11 is 0. The third-order valence-corrected chi connectivity index (χ3v) is 5.00. The Morgan fingerprint density at radius 3 is 2.58 bits per heavy atom. The Bertz CT molecular complexity index is 1160. The van der Waals surface area contributed by atoms with Crippen molar-refractivity contribution in [3.8, 4) is 5.75 Å². The van der Waals surface area contributed by atoms with Crippen molar-refractivity contribution in [1.82, 2.24) is 24.0 Å². The van der Waals surface area contributed by atoms with Gasteiger partial charge in [-0.3, -0.25) is 18.7 Å². The monoisotopic (exact) mass is 431 g/mol. The minimum absolute atomic E-state index is 0.0656. The number of hydrogen-bond acceptors (Lipinski definition) is 5. The second-order valence-corrected chi connectivity index (χ2v) is 7.28. The van der Waals surface area contributed by atoms with Gasteiger partial charge >= 0.3 is 5.69 Å². The number of nitrogens with zero attached hydrogens (tertiary/aromatic N) is 4. The average Bonchev–Trinajstić information content (AvgIpc) is 3.18. The van der Waals surface area contributed by atoms with E-state index in [1.807, 2.05) is 0 Å². The summed E-state index contributed by atoms with van der Waals surface area (Å²) in [6.07, 6.45) is 3.91. The van der Waals surface area contributed by atoms with Crippen molar-refractivity contribution < 1.29 is 13.9 Å². The van der Waals surface area contributed by atoms with Crippen LogP contribution >= 0.6 is 0 Å². The van der Waals surface area contributed by atoms with Gasteiger partial charge in [0.15, 0.2) is 11.2 Å². The molecule has 0 radical (unpaired) electrons. The normalized spacial score (nSPS) is 11.1. The first kappa shape index (κ1) is 22.3. The van der Waals surface area contributed by atoms with Gasteiger partial charge in [0.2, 0.25) is 5.91 Å². The Morgan fingerprint density at radius 2 is 1.84 bits per heavy atom. The van der Waals surface area contributed by atoms with Gasteiger partial charge in [-0.25, -0.2) is 14.2 Å². The fraction of sp³-hybridized carbons (Fsp3) is 0.429. The molecule has 0 saturated carbocycles. The summed E-state index contributed by atoms with van der Waals surface area (Å²) in [5.41, 5.74) is -0.139. The van der Waals surface area contributed by atoms with Crippen molar-refractivity contribution in [2.24, 2.45) is 14.1 Å². The first-order chi connectivity index (χ1) is 14.9. The van der Waals surface area contributed by atoms with E-state index < -0.39 is 11.2 Å². The van der Waals surface area contributed by atoms with Gasteiger partial charge in [-0.05, 0) is 43.5 Å². The number of ether oxygens (including phenoxy) is 1. The molecule has 0 aliphatic rings. The Morgan fingerprint density at radius 1 is 1.10 bits per heavy atom. The quantitative estimate of drug-likeness (QED) is 0.488. The maximum absolute atomic E-state index is 12.8. The molecular weight excluding hydrogens is 405 g/mol. The number of amides is 1. The van der Waals surface area contributed by atoms with Crippen molar-refractivity contribution in [2.45, 2.75) is 32.2 Å². The van der Waals surface area contributed by atoms with Gasteiger partial charge in [-0.2, -0.15) is 0 Å². The van der Waals surface area contributed by atoms with Crippen LogP contribution in [0, 0.1) is 5.82 Å². The Balaban J connectivity index is 1.37. The molecule has 166 valence electrons. The molecule has 1 N–H and O–H groups in total. The summed E-state index contributed by atoms with van der Waals surface area (Å²) in [7, 11) is 3.00. The number of aryl methyl sites for hydroxylation is 2. The molecule has 0 aliphatic carbocycles. The van der Waals surface area contributed by atoms with Gasteiger partial charge in [0, 0.05) is 33.6 Å². The summed E-state index contributed by atoms with van der Waals surface area (Å²) in [6, 6.07) is 5.86. The van der Waals surface area contributed by atoms with E-state index in [9.17, 15) is 18.8 Å². The van der Waals surface area contributed by atoms with E-state index >= 15 is 0 Å². The first-order valence-corrected chi connectivity index (χ1v) is 10.1. The number of carbonyl (C=O) groups excluding carboxylic acids is 1. The summed E-state index contributed by atoms with van der Waals surface area (Å²) in [5.74, 6) is 0.251. The SMILES string of the molecule is Cn1c(=O)c2c(ncn2CCCC(=O)NCCCCOc2ccc(F)cc2)n(C)c1=O. The lowest BCUT2D eigenvalue weighted by atomic mass is 10.2. The highest BCUT2D eigenvalue weighted by molar-refractivity contribution is 5.75. The van der Waals surface area contributed by atoms with Crippen molar-refractivity contribution in [3.63, 3.8) is 0 Å². The average molecular weight is 431 g/mol. The van der Waals surface area contributed by atoms with E-state index in [0.29, 0.717) is 49.5 Å². The first-order valence-electron chi connectivity index (χ1n) is 10.1. The number of fused-ring (bicyclic) bond motifs is 1. The minimum Gasteiger partial charge on any atom is -0.494 e. The second-order valence-electron chi connectivity index (χ2n) is 7.28. The fourth-order valence-electron chi connectivity index (χ4n) is 3.24. The van der Waals surface area contributed by atoms with Crippen molar-refractivity contribution in [3.05, 3.63) is 57.2 Å². The van der Waals surface area contributed by atoms with Gasteiger partial charge in [0.05, 0.1) is 12.9 Å². The predicted molar refractivity (Wildman–Crippen MR) is 114 cm³/mol. The summed E-state index contributed by atoms with van der Waals surface area (Å²) in [5, 5.41) is 2.86. The van der Waals surface area contributed by atoms with Crippen LogP contribution in [0.4, 0.5) is 4.39 Å². The Labute approximate surface area is 178 Å². The van der Waals surface area contributed by atoms with Crippen molar-refractivity contribution in [2.75, 3.05) is 13.2 Å². The third kappa shape index (κ3) is 5.39. The van der Waals surface area contributed by atoms with E-state index in [1.165, 1.54) is 30.1 Å². The van der Waals surface area contributed by atoms with Crippen LogP contribution in [-0.2, 0) is 25.4 Å². The van der Waals surface area contributed by atoms with Crippen LogP contribution in [0.15, 0.2) is 40.2 Å². The molecule has 0 fully saturated rings. The van der Waals surface area contributed by atoms with Crippen LogP contribution in [0.25, 0.3) is 11.2 Å². The van der Waals surface area contributed by atoms with E-state index in [0.717, 1.165) is 17.4 Å². The fourth-order valence-corrected chi connectivity index (χ4v) is 3.24. The number of rotatable bonds is 10. The molecule has 0 bridgehead atoms. The molecule has 9 nitrogen and oxygen atoms in total. The smallest absolute Gasteiger partial charge is 0.332 e. The number of aromatic nitrogens is 4. The van der Waals surface area contributed by atoms with E-state index in [4.69, 9.17) is 4.74 Å². The highest BCUT2D eigenvalue weighted by Crippen LogP contribution is 2.11. The predicted octanol–water partition coefficient (Wildman–Crippen LogP) is 1.33. The number of imidazole rings is 1. The standard InChI is InChI=1S/C21H26FN5O4/c1-25-19-18(20(29)26(2)21(25)30)27(14-24-19)12-5-6-17(28)23-11-3-4-13-31-16-9-7-15(22)8-10-16/h7-10,14H,3-6,11-13H2,1-2H3,(H,23,28). The molecular formula is C21H26FN5O4. The van der Waals surface area contributed by atoms with E-state index in [1.54, 1.807) is 23.7 Å². The van der Waals surface area contributed by atoms with Crippen molar-refractivity contribution in [1.29, 1.82) is 0 Å². The molecule has 10 heteroatoms. The summed E-state index contributed by atoms with van der Waals surface area (Å²) < 4.78 is 22.4. The van der Waals surface area contributed by atoms with E-state index in [-0.39, 0.29) is 11.7 Å². The molecule has 31 heavy (non-hydrogen) atoms. The zero-order chi connectivity index (χ0) is 22.4. The summed E-state index contributed by atoms with van der Waals surface area (Å²) in [4.78, 5) is 40.6. The number of hydrogen-bond donors (Lipinski definition) is 1. The molecule has 0 atom stereocenters. The topological polar surface area (TPSA) is 100 Å². The molecule has 3 aromatic rings. The van der Waals surface area contributed by atoms with Crippen LogP contribution in [0.2, 0.25) is 0 Å². The van der Waals surface area contributed by atoms with Crippen LogP contribution in [0.1, 0.15) is 25.7 Å². The highest BCUT2D eigenvalue weighted by atomic mass is 19.1. The summed E-state index contributed by atoms with van der Waals surface area (Å²) in [6.45, 7) is 1.48. The van der Waals surface area contributed by atoms with Crippen LogP contribution < -0.4 is 21.3 Å². The van der Waals surface area contributed by atoms with Crippen LogP contribution in [-0.4, -0.2) is 37.7 Å². The maximum Gasteiger partial charge on any atom is 0.332 e. The lowest BCUT2D eigenvalue weighted by Gasteiger charge is -2.08. The molecule has 1 aromatic carbocycles. The number of benzene rings is 1. The Hall–Kier alpha value is -3.43. The zero-order valence-electron chi connectivity index (χ0n) is 17.6.